The Morgan fingerprint density at radius 1 is 1.04 bits per heavy atom. The number of amides is 2. The van der Waals surface area contributed by atoms with E-state index in [1.807, 2.05) is 58.0 Å². The van der Waals surface area contributed by atoms with Crippen LogP contribution >= 0.6 is 0 Å². The average Bonchev–Trinajstić information content (AvgIpc) is 2.51. The number of nitrogens with one attached hydrogen (secondary N) is 2. The van der Waals surface area contributed by atoms with Crippen LogP contribution in [0.5, 0.6) is 0 Å². The van der Waals surface area contributed by atoms with E-state index in [4.69, 9.17) is 0 Å². The van der Waals surface area contributed by atoms with Crippen molar-refractivity contribution in [2.24, 2.45) is 11.8 Å². The minimum Gasteiger partial charge on any atom is -0.396 e. The van der Waals surface area contributed by atoms with Gasteiger partial charge in [0, 0.05) is 19.1 Å². The highest BCUT2D eigenvalue weighted by molar-refractivity contribution is 5.88. The first-order valence-electron chi connectivity index (χ1n) is 8.10. The number of aliphatic hydroxyl groups excluding tert-OH is 1. The summed E-state index contributed by atoms with van der Waals surface area (Å²) >= 11 is 0. The first-order chi connectivity index (χ1) is 10.8. The zero-order chi connectivity index (χ0) is 17.4. The van der Waals surface area contributed by atoms with Crippen LogP contribution in [0.15, 0.2) is 30.3 Å². The third-order valence-electron chi connectivity index (χ3n) is 3.81. The predicted octanol–water partition coefficient (Wildman–Crippen LogP) is 2.02. The normalized spacial score (nSPS) is 14.9. The Kier molecular flexibility index (Phi) is 7.75. The second-order valence-corrected chi connectivity index (χ2v) is 6.47. The van der Waals surface area contributed by atoms with E-state index in [0.29, 0.717) is 6.42 Å². The minimum atomic E-state index is -0.726. The van der Waals surface area contributed by atoms with Crippen LogP contribution < -0.4 is 10.6 Å². The van der Waals surface area contributed by atoms with Gasteiger partial charge in [-0.15, -0.1) is 0 Å². The Bertz CT molecular complexity index is 502. The van der Waals surface area contributed by atoms with E-state index in [0.717, 1.165) is 5.56 Å². The van der Waals surface area contributed by atoms with Crippen molar-refractivity contribution in [2.45, 2.75) is 46.2 Å². The molecule has 1 aromatic carbocycles. The fourth-order valence-electron chi connectivity index (χ4n) is 2.14. The highest BCUT2D eigenvalue weighted by Crippen LogP contribution is 2.15. The van der Waals surface area contributed by atoms with Crippen LogP contribution in [0.2, 0.25) is 0 Å². The van der Waals surface area contributed by atoms with Crippen LogP contribution in [0.25, 0.3) is 0 Å². The third-order valence-corrected chi connectivity index (χ3v) is 3.81. The molecule has 0 spiro atoms. The third kappa shape index (κ3) is 6.40. The topological polar surface area (TPSA) is 78.4 Å². The summed E-state index contributed by atoms with van der Waals surface area (Å²) in [6.07, 6.45) is 0.374. The molecule has 0 bridgehead atoms. The molecule has 0 radical (unpaired) electrons. The van der Waals surface area contributed by atoms with Crippen molar-refractivity contribution in [3.05, 3.63) is 35.9 Å². The number of hydrogen-bond donors (Lipinski definition) is 3. The quantitative estimate of drug-likeness (QED) is 0.686. The summed E-state index contributed by atoms with van der Waals surface area (Å²) in [6, 6.07) is 8.27. The molecule has 0 aliphatic rings. The van der Waals surface area contributed by atoms with Gasteiger partial charge in [0.25, 0.3) is 0 Å². The number of aliphatic hydroxyl groups is 1. The number of rotatable bonds is 8. The van der Waals surface area contributed by atoms with E-state index >= 15 is 0 Å². The van der Waals surface area contributed by atoms with Gasteiger partial charge in [-0.3, -0.25) is 9.59 Å². The fraction of sp³-hybridized carbons (Fsp3) is 0.556. The molecule has 0 fully saturated rings. The number of carbonyl (C=O) groups excluding carboxylic acids is 2. The summed E-state index contributed by atoms with van der Waals surface area (Å²) < 4.78 is 0. The SMILES string of the molecule is CC(C)CC(=O)NC(C(=O)NC(C)C(C)CO)c1ccccc1. The van der Waals surface area contributed by atoms with E-state index in [1.54, 1.807) is 0 Å². The molecule has 0 aromatic heterocycles. The zero-order valence-electron chi connectivity index (χ0n) is 14.4. The molecule has 0 heterocycles. The minimum absolute atomic E-state index is 0.00282. The fourth-order valence-corrected chi connectivity index (χ4v) is 2.14. The first kappa shape index (κ1) is 19.2. The lowest BCUT2D eigenvalue weighted by Crippen LogP contribution is -2.46. The van der Waals surface area contributed by atoms with Gasteiger partial charge < -0.3 is 15.7 Å². The molecular weight excluding hydrogens is 292 g/mol. The summed E-state index contributed by atoms with van der Waals surface area (Å²) in [4.78, 5) is 24.7. The first-order valence-corrected chi connectivity index (χ1v) is 8.10. The molecule has 128 valence electrons. The maximum Gasteiger partial charge on any atom is 0.247 e. The van der Waals surface area contributed by atoms with Gasteiger partial charge in [-0.2, -0.15) is 0 Å². The zero-order valence-corrected chi connectivity index (χ0v) is 14.4. The Morgan fingerprint density at radius 2 is 1.65 bits per heavy atom. The molecule has 0 aliphatic heterocycles. The summed E-state index contributed by atoms with van der Waals surface area (Å²) in [5.41, 5.74) is 0.742. The highest BCUT2D eigenvalue weighted by Gasteiger charge is 2.25. The second-order valence-electron chi connectivity index (χ2n) is 6.47. The molecule has 0 saturated heterocycles. The van der Waals surface area contributed by atoms with E-state index in [1.165, 1.54) is 0 Å². The standard InChI is InChI=1S/C18H28N2O3/c1-12(2)10-16(22)20-17(15-8-6-5-7-9-15)18(23)19-14(4)13(3)11-21/h5-9,12-14,17,21H,10-11H2,1-4H3,(H,19,23)(H,20,22). The van der Waals surface area contributed by atoms with Crippen molar-refractivity contribution in [1.29, 1.82) is 0 Å². The van der Waals surface area contributed by atoms with Crippen molar-refractivity contribution in [2.75, 3.05) is 6.61 Å². The van der Waals surface area contributed by atoms with Crippen LogP contribution in [-0.2, 0) is 9.59 Å². The molecule has 3 N–H and O–H groups in total. The van der Waals surface area contributed by atoms with Crippen LogP contribution in [0, 0.1) is 11.8 Å². The largest absolute Gasteiger partial charge is 0.396 e. The van der Waals surface area contributed by atoms with Gasteiger partial charge in [0.05, 0.1) is 0 Å². The van der Waals surface area contributed by atoms with Gasteiger partial charge >= 0.3 is 0 Å². The number of carbonyl (C=O) groups is 2. The maximum absolute atomic E-state index is 12.6. The Hall–Kier alpha value is -1.88. The van der Waals surface area contributed by atoms with Crippen molar-refractivity contribution in [3.8, 4) is 0 Å². The Labute approximate surface area is 138 Å². The van der Waals surface area contributed by atoms with E-state index in [2.05, 4.69) is 10.6 Å². The molecular formula is C18H28N2O3. The Balaban J connectivity index is 2.87. The molecule has 3 atom stereocenters. The van der Waals surface area contributed by atoms with E-state index < -0.39 is 6.04 Å². The number of hydrogen-bond acceptors (Lipinski definition) is 3. The summed E-state index contributed by atoms with van der Waals surface area (Å²) in [5.74, 6) is -0.238. The van der Waals surface area contributed by atoms with Gasteiger partial charge in [0.15, 0.2) is 0 Å². The van der Waals surface area contributed by atoms with E-state index in [9.17, 15) is 14.7 Å². The van der Waals surface area contributed by atoms with Crippen LogP contribution in [-0.4, -0.2) is 29.6 Å². The van der Waals surface area contributed by atoms with Crippen molar-refractivity contribution in [1.82, 2.24) is 10.6 Å². The molecule has 5 heteroatoms. The van der Waals surface area contributed by atoms with Crippen LogP contribution in [0.1, 0.15) is 45.7 Å². The second kappa shape index (κ2) is 9.30. The molecule has 0 saturated carbocycles. The summed E-state index contributed by atoms with van der Waals surface area (Å²) in [7, 11) is 0. The average molecular weight is 320 g/mol. The summed E-state index contributed by atoms with van der Waals surface area (Å²) in [6.45, 7) is 7.62. The molecule has 5 nitrogen and oxygen atoms in total. The lowest BCUT2D eigenvalue weighted by atomic mass is 10.0. The number of benzene rings is 1. The van der Waals surface area contributed by atoms with Crippen molar-refractivity contribution >= 4 is 11.8 Å². The molecule has 3 unspecified atom stereocenters. The van der Waals surface area contributed by atoms with Crippen molar-refractivity contribution < 1.29 is 14.7 Å². The van der Waals surface area contributed by atoms with Gasteiger partial charge in [0.2, 0.25) is 11.8 Å². The van der Waals surface area contributed by atoms with Crippen molar-refractivity contribution in [3.63, 3.8) is 0 Å². The van der Waals surface area contributed by atoms with Gasteiger partial charge in [0.1, 0.15) is 6.04 Å². The maximum atomic E-state index is 12.6. The predicted molar refractivity (Wildman–Crippen MR) is 90.6 cm³/mol. The van der Waals surface area contributed by atoms with Gasteiger partial charge in [-0.05, 0) is 24.3 Å². The van der Waals surface area contributed by atoms with Gasteiger partial charge in [-0.25, -0.2) is 0 Å². The molecule has 0 aliphatic carbocycles. The van der Waals surface area contributed by atoms with Crippen LogP contribution in [0.3, 0.4) is 0 Å². The van der Waals surface area contributed by atoms with E-state index in [-0.39, 0.29) is 36.3 Å². The molecule has 1 rings (SSSR count). The molecule has 2 amide bonds. The lowest BCUT2D eigenvalue weighted by molar-refractivity contribution is -0.130. The Morgan fingerprint density at radius 3 is 2.17 bits per heavy atom. The smallest absolute Gasteiger partial charge is 0.247 e. The lowest BCUT2D eigenvalue weighted by Gasteiger charge is -2.24. The highest BCUT2D eigenvalue weighted by atomic mass is 16.3. The van der Waals surface area contributed by atoms with Gasteiger partial charge in [-0.1, -0.05) is 51.1 Å². The summed E-state index contributed by atoms with van der Waals surface area (Å²) in [5, 5.41) is 14.9. The monoisotopic (exact) mass is 320 g/mol. The molecule has 1 aromatic rings. The molecule has 23 heavy (non-hydrogen) atoms. The van der Waals surface area contributed by atoms with Crippen LogP contribution in [0.4, 0.5) is 0 Å².